The fraction of sp³-hybridized carbons (Fsp3) is 0.500. The van der Waals surface area contributed by atoms with Crippen molar-refractivity contribution in [1.82, 2.24) is 0 Å². The third-order valence-electron chi connectivity index (χ3n) is 3.10. The van der Waals surface area contributed by atoms with Gasteiger partial charge in [0.1, 0.15) is 0 Å². The van der Waals surface area contributed by atoms with Crippen LogP contribution in [0, 0.1) is 5.92 Å². The maximum Gasteiger partial charge on any atom is 0.490 e. The molecule has 1 saturated carbocycles. The number of benzene rings is 1. The van der Waals surface area contributed by atoms with Crippen LogP contribution in [0.5, 0.6) is 0 Å². The second kappa shape index (κ2) is 10.4. The lowest BCUT2D eigenvalue weighted by molar-refractivity contribution is -0.0145. The zero-order valence-corrected chi connectivity index (χ0v) is 16.5. The Bertz CT molecular complexity index is 680. The number of aliphatic hydroxyl groups excluding tert-OH is 1. The van der Waals surface area contributed by atoms with Crippen molar-refractivity contribution in [1.29, 1.82) is 0 Å². The Kier molecular flexibility index (Phi) is 9.44. The lowest BCUT2D eigenvalue weighted by Crippen LogP contribution is -2.31. The van der Waals surface area contributed by atoms with Gasteiger partial charge in [-0.25, -0.2) is 13.7 Å². The van der Waals surface area contributed by atoms with Crippen molar-refractivity contribution in [2.45, 2.75) is 25.6 Å². The van der Waals surface area contributed by atoms with Crippen LogP contribution in [0.1, 0.15) is 18.4 Å². The van der Waals surface area contributed by atoms with Crippen LogP contribution in [0.3, 0.4) is 0 Å². The lowest BCUT2D eigenvalue weighted by atomic mass is 9.83. The number of hydrogen-bond donors (Lipinski definition) is 6. The highest BCUT2D eigenvalue weighted by molar-refractivity contribution is 7.66. The van der Waals surface area contributed by atoms with E-state index >= 15 is 0 Å². The average Bonchev–Trinajstić information content (AvgIpc) is 2.41. The molecule has 0 heterocycles. The first-order valence-electron chi connectivity index (χ1n) is 7.42. The Labute approximate surface area is 154 Å². The van der Waals surface area contributed by atoms with Crippen LogP contribution in [0.2, 0.25) is 0 Å². The number of ether oxygens (including phenoxy) is 1. The minimum atomic E-state index is -5.46. The third kappa shape index (κ3) is 12.6. The molecule has 1 aliphatic carbocycles. The molecular formula is C12H21O12P3. The van der Waals surface area contributed by atoms with Crippen LogP contribution in [0.25, 0.3) is 0 Å². The topological polar surface area (TPSA) is 200 Å². The van der Waals surface area contributed by atoms with E-state index in [9.17, 15) is 13.7 Å². The number of rotatable bonds is 8. The highest BCUT2D eigenvalue weighted by Crippen LogP contribution is 2.64. The zero-order chi connectivity index (χ0) is 20.7. The maximum absolute atomic E-state index is 10.4. The van der Waals surface area contributed by atoms with Crippen molar-refractivity contribution in [2.24, 2.45) is 5.92 Å². The number of phosphoric acid groups is 3. The second-order valence-corrected chi connectivity index (χ2v) is 9.81. The molecule has 0 spiro atoms. The fourth-order valence-electron chi connectivity index (χ4n) is 2.04. The summed E-state index contributed by atoms with van der Waals surface area (Å²) in [6, 6.07) is 10.2. The zero-order valence-electron chi connectivity index (χ0n) is 13.8. The molecule has 1 aromatic carbocycles. The molecule has 1 aromatic rings. The summed E-state index contributed by atoms with van der Waals surface area (Å²) in [5.41, 5.74) is 1.22. The van der Waals surface area contributed by atoms with E-state index in [1.54, 1.807) is 0 Å². The molecule has 0 aliphatic heterocycles. The van der Waals surface area contributed by atoms with Gasteiger partial charge in [-0.05, 0) is 24.3 Å². The van der Waals surface area contributed by atoms with Gasteiger partial charge in [0, 0.05) is 0 Å². The molecule has 27 heavy (non-hydrogen) atoms. The summed E-state index contributed by atoms with van der Waals surface area (Å²) in [5.74, 6) is 0.578. The molecule has 0 amide bonds. The van der Waals surface area contributed by atoms with Gasteiger partial charge in [0.15, 0.2) is 0 Å². The standard InChI is InChI=1S/C12H16O2.H5O10P3/c13-12-6-11(7-12)9-14-8-10-4-2-1-3-5-10;1-11(2,3)9-13(7,8)10-12(4,5)6/h1-5,11-13H,6-9H2;(H,7,8)(H2,1,2,3)(H2,4,5,6)/t11-,12-;. The Morgan fingerprint density at radius 1 is 0.889 bits per heavy atom. The van der Waals surface area contributed by atoms with Crippen LogP contribution >= 0.6 is 23.5 Å². The third-order valence-corrected chi connectivity index (χ3v) is 6.45. The molecule has 1 fully saturated rings. The highest BCUT2D eigenvalue weighted by atomic mass is 31.3. The minimum absolute atomic E-state index is 0.0691. The van der Waals surface area contributed by atoms with E-state index in [4.69, 9.17) is 34.3 Å². The summed E-state index contributed by atoms with van der Waals surface area (Å²) in [7, 11) is -16.2. The van der Waals surface area contributed by atoms with E-state index in [0.717, 1.165) is 19.4 Å². The predicted molar refractivity (Wildman–Crippen MR) is 90.9 cm³/mol. The van der Waals surface area contributed by atoms with Gasteiger partial charge in [-0.3, -0.25) is 0 Å². The summed E-state index contributed by atoms with van der Waals surface area (Å²) in [6.45, 7) is 1.47. The molecule has 0 saturated heterocycles. The van der Waals surface area contributed by atoms with E-state index in [2.05, 4.69) is 20.8 Å². The Morgan fingerprint density at radius 3 is 1.78 bits per heavy atom. The van der Waals surface area contributed by atoms with Crippen LogP contribution in [0.4, 0.5) is 0 Å². The molecule has 0 aromatic heterocycles. The summed E-state index contributed by atoms with van der Waals surface area (Å²) < 4.78 is 41.9. The van der Waals surface area contributed by atoms with Gasteiger partial charge in [0.25, 0.3) is 0 Å². The summed E-state index contributed by atoms with van der Waals surface area (Å²) in [5, 5.41) is 9.08. The van der Waals surface area contributed by atoms with Gasteiger partial charge in [-0.15, -0.1) is 0 Å². The van der Waals surface area contributed by atoms with Crippen LogP contribution in [0.15, 0.2) is 30.3 Å². The molecule has 0 bridgehead atoms. The van der Waals surface area contributed by atoms with E-state index in [-0.39, 0.29) is 6.10 Å². The van der Waals surface area contributed by atoms with Crippen molar-refractivity contribution in [3.05, 3.63) is 35.9 Å². The molecule has 156 valence electrons. The number of aliphatic hydroxyl groups is 1. The quantitative estimate of drug-likeness (QED) is 0.310. The monoisotopic (exact) mass is 450 g/mol. The van der Waals surface area contributed by atoms with Gasteiger partial charge in [-0.1, -0.05) is 30.3 Å². The van der Waals surface area contributed by atoms with Crippen LogP contribution in [-0.4, -0.2) is 42.3 Å². The van der Waals surface area contributed by atoms with Gasteiger partial charge >= 0.3 is 23.5 Å². The van der Waals surface area contributed by atoms with E-state index in [1.165, 1.54) is 5.56 Å². The van der Waals surface area contributed by atoms with Gasteiger partial charge in [-0.2, -0.15) is 8.62 Å². The molecule has 2 rings (SSSR count). The Hall–Kier alpha value is -0.450. The summed E-state index contributed by atoms with van der Waals surface area (Å²) in [4.78, 5) is 40.2. The first-order valence-corrected chi connectivity index (χ1v) is 12.0. The van der Waals surface area contributed by atoms with E-state index < -0.39 is 23.5 Å². The van der Waals surface area contributed by atoms with E-state index in [0.29, 0.717) is 12.5 Å². The second-order valence-electron chi connectivity index (χ2n) is 5.60. The molecule has 0 unspecified atom stereocenters. The van der Waals surface area contributed by atoms with Crippen LogP contribution < -0.4 is 0 Å². The van der Waals surface area contributed by atoms with Crippen molar-refractivity contribution in [3.8, 4) is 0 Å². The van der Waals surface area contributed by atoms with Crippen molar-refractivity contribution in [3.63, 3.8) is 0 Å². The van der Waals surface area contributed by atoms with Crippen LogP contribution in [-0.2, 0) is 33.7 Å². The highest BCUT2D eigenvalue weighted by Gasteiger charge is 2.38. The minimum Gasteiger partial charge on any atom is -0.393 e. The van der Waals surface area contributed by atoms with Gasteiger partial charge < -0.3 is 34.3 Å². The molecule has 12 nitrogen and oxygen atoms in total. The van der Waals surface area contributed by atoms with Crippen molar-refractivity contribution in [2.75, 3.05) is 6.61 Å². The van der Waals surface area contributed by atoms with Gasteiger partial charge in [0.05, 0.1) is 19.3 Å². The normalized spacial score (nSPS) is 20.4. The molecule has 6 N–H and O–H groups in total. The molecule has 15 heteroatoms. The average molecular weight is 450 g/mol. The predicted octanol–water partition coefficient (Wildman–Crippen LogP) is 1.28. The molecule has 0 radical (unpaired) electrons. The summed E-state index contributed by atoms with van der Waals surface area (Å²) >= 11 is 0. The first-order chi connectivity index (χ1) is 12.3. The van der Waals surface area contributed by atoms with Crippen molar-refractivity contribution < 1.29 is 56.6 Å². The number of hydrogen-bond acceptors (Lipinski definition) is 7. The maximum atomic E-state index is 10.4. The Morgan fingerprint density at radius 2 is 1.37 bits per heavy atom. The lowest BCUT2D eigenvalue weighted by Gasteiger charge is -2.30. The molecular weight excluding hydrogens is 429 g/mol. The fourth-order valence-corrected chi connectivity index (χ4v) is 4.58. The van der Waals surface area contributed by atoms with Gasteiger partial charge in [0.2, 0.25) is 0 Å². The Balaban J connectivity index is 0.000000271. The molecule has 0 atom stereocenters. The molecule has 1 aliphatic rings. The SMILES string of the molecule is O=P(O)(O)OP(=O)(O)OP(=O)(O)O.O[C@H]1C[C@H](COCc2ccccc2)C1. The largest absolute Gasteiger partial charge is 0.490 e. The van der Waals surface area contributed by atoms with Crippen molar-refractivity contribution >= 4 is 23.5 Å². The smallest absolute Gasteiger partial charge is 0.393 e. The first kappa shape index (κ1) is 24.6. The van der Waals surface area contributed by atoms with E-state index in [1.807, 2.05) is 18.2 Å². The summed E-state index contributed by atoms with van der Waals surface area (Å²) in [6.07, 6.45) is 1.75.